The molecule has 0 saturated heterocycles. The lowest BCUT2D eigenvalue weighted by Crippen LogP contribution is -2.09. The monoisotopic (exact) mass is 234 g/mol. The summed E-state index contributed by atoms with van der Waals surface area (Å²) < 4.78 is 1.89. The van der Waals surface area contributed by atoms with Gasteiger partial charge in [-0.1, -0.05) is 0 Å². The molecule has 2 aromatic heterocycles. The van der Waals surface area contributed by atoms with E-state index < -0.39 is 0 Å². The van der Waals surface area contributed by atoms with Crippen molar-refractivity contribution in [1.82, 2.24) is 9.78 Å². The van der Waals surface area contributed by atoms with Gasteiger partial charge in [-0.2, -0.15) is 16.4 Å². The highest BCUT2D eigenvalue weighted by Crippen LogP contribution is 2.12. The second-order valence-electron chi connectivity index (χ2n) is 3.70. The molecule has 0 amide bonds. The Kier molecular flexibility index (Phi) is 3.19. The SMILES string of the molecule is CCn1nc(C)cc1CC(=O)c1ccsc1. The summed E-state index contributed by atoms with van der Waals surface area (Å²) in [4.78, 5) is 11.9. The molecule has 2 heterocycles. The van der Waals surface area contributed by atoms with Gasteiger partial charge in [0.25, 0.3) is 0 Å². The Hall–Kier alpha value is -1.42. The molecule has 0 atom stereocenters. The van der Waals surface area contributed by atoms with Crippen molar-refractivity contribution in [2.45, 2.75) is 26.8 Å². The summed E-state index contributed by atoms with van der Waals surface area (Å²) in [6.07, 6.45) is 0.436. The third-order valence-electron chi connectivity index (χ3n) is 2.47. The number of ketones is 1. The van der Waals surface area contributed by atoms with Crippen molar-refractivity contribution < 1.29 is 4.79 Å². The van der Waals surface area contributed by atoms with Gasteiger partial charge in [-0.25, -0.2) is 0 Å². The lowest BCUT2D eigenvalue weighted by Gasteiger charge is -2.02. The fraction of sp³-hybridized carbons (Fsp3) is 0.333. The van der Waals surface area contributed by atoms with Crippen LogP contribution in [0.25, 0.3) is 0 Å². The maximum Gasteiger partial charge on any atom is 0.169 e. The molecule has 4 heteroatoms. The quantitative estimate of drug-likeness (QED) is 0.762. The second kappa shape index (κ2) is 4.61. The van der Waals surface area contributed by atoms with Crippen molar-refractivity contribution >= 4 is 17.1 Å². The molecule has 0 unspecified atom stereocenters. The van der Waals surface area contributed by atoms with E-state index in [1.165, 1.54) is 0 Å². The van der Waals surface area contributed by atoms with Crippen LogP contribution in [-0.4, -0.2) is 15.6 Å². The summed E-state index contributed by atoms with van der Waals surface area (Å²) in [5.41, 5.74) is 2.76. The largest absolute Gasteiger partial charge is 0.294 e. The predicted octanol–water partition coefficient (Wildman–Crippen LogP) is 2.70. The Morgan fingerprint density at radius 1 is 1.56 bits per heavy atom. The Morgan fingerprint density at radius 3 is 3.00 bits per heavy atom. The van der Waals surface area contributed by atoms with Crippen molar-refractivity contribution in [3.63, 3.8) is 0 Å². The van der Waals surface area contributed by atoms with E-state index in [4.69, 9.17) is 0 Å². The molecule has 3 nitrogen and oxygen atoms in total. The van der Waals surface area contributed by atoms with Gasteiger partial charge in [-0.3, -0.25) is 9.48 Å². The minimum atomic E-state index is 0.163. The number of carbonyl (C=O) groups is 1. The Morgan fingerprint density at radius 2 is 2.38 bits per heavy atom. The lowest BCUT2D eigenvalue weighted by molar-refractivity contribution is 0.0991. The molecule has 0 aliphatic heterocycles. The number of Topliss-reactive ketones (excluding diaryl/α,β-unsaturated/α-hetero) is 1. The van der Waals surface area contributed by atoms with Crippen LogP contribution in [0.4, 0.5) is 0 Å². The topological polar surface area (TPSA) is 34.9 Å². The number of nitrogens with zero attached hydrogens (tertiary/aromatic N) is 2. The number of thiophene rings is 1. The molecule has 2 rings (SSSR count). The maximum atomic E-state index is 11.9. The van der Waals surface area contributed by atoms with Gasteiger partial charge < -0.3 is 0 Å². The van der Waals surface area contributed by atoms with Crippen LogP contribution in [0.5, 0.6) is 0 Å². The van der Waals surface area contributed by atoms with Crippen LogP contribution in [-0.2, 0) is 13.0 Å². The molecule has 0 radical (unpaired) electrons. The average Bonchev–Trinajstić information content (AvgIpc) is 2.87. The standard InChI is InChI=1S/C12H14N2OS/c1-3-14-11(6-9(2)13-14)7-12(15)10-4-5-16-8-10/h4-6,8H,3,7H2,1-2H3. The molecule has 16 heavy (non-hydrogen) atoms. The van der Waals surface area contributed by atoms with Crippen LogP contribution in [0, 0.1) is 6.92 Å². The van der Waals surface area contributed by atoms with Gasteiger partial charge in [0.15, 0.2) is 5.78 Å². The van der Waals surface area contributed by atoms with Crippen LogP contribution >= 0.6 is 11.3 Å². The first kappa shape index (κ1) is 11.1. The Labute approximate surface area is 98.7 Å². The van der Waals surface area contributed by atoms with Crippen molar-refractivity contribution in [3.8, 4) is 0 Å². The molecule has 0 N–H and O–H groups in total. The van der Waals surface area contributed by atoms with Crippen molar-refractivity contribution in [2.24, 2.45) is 0 Å². The van der Waals surface area contributed by atoms with Gasteiger partial charge in [0, 0.05) is 23.2 Å². The summed E-state index contributed by atoms with van der Waals surface area (Å²) in [6.45, 7) is 4.79. The number of hydrogen-bond donors (Lipinski definition) is 0. The smallest absolute Gasteiger partial charge is 0.169 e. The number of hydrogen-bond acceptors (Lipinski definition) is 3. The van der Waals surface area contributed by atoms with E-state index in [2.05, 4.69) is 5.10 Å². The normalized spacial score (nSPS) is 10.6. The highest BCUT2D eigenvalue weighted by atomic mass is 32.1. The third-order valence-corrected chi connectivity index (χ3v) is 3.15. The maximum absolute atomic E-state index is 11.9. The minimum absolute atomic E-state index is 0.163. The Balaban J connectivity index is 2.17. The number of carbonyl (C=O) groups excluding carboxylic acids is 1. The van der Waals surface area contributed by atoms with E-state index in [0.29, 0.717) is 6.42 Å². The van der Waals surface area contributed by atoms with Crippen LogP contribution < -0.4 is 0 Å². The van der Waals surface area contributed by atoms with Gasteiger partial charge in [0.05, 0.1) is 12.1 Å². The molecule has 0 aliphatic carbocycles. The predicted molar refractivity (Wildman–Crippen MR) is 65.0 cm³/mol. The van der Waals surface area contributed by atoms with Gasteiger partial charge >= 0.3 is 0 Å². The molecule has 0 saturated carbocycles. The highest BCUT2D eigenvalue weighted by Gasteiger charge is 2.11. The summed E-state index contributed by atoms with van der Waals surface area (Å²) in [6, 6.07) is 3.85. The molecule has 0 spiro atoms. The Bertz CT molecular complexity index is 485. The fourth-order valence-corrected chi connectivity index (χ4v) is 2.37. The van der Waals surface area contributed by atoms with E-state index in [1.807, 2.05) is 41.4 Å². The van der Waals surface area contributed by atoms with Crippen LogP contribution in [0.15, 0.2) is 22.9 Å². The first-order valence-corrected chi connectivity index (χ1v) is 6.23. The fourth-order valence-electron chi connectivity index (χ4n) is 1.70. The number of aromatic nitrogens is 2. The summed E-state index contributed by atoms with van der Waals surface area (Å²) >= 11 is 1.55. The lowest BCUT2D eigenvalue weighted by atomic mass is 10.1. The first-order chi connectivity index (χ1) is 7.70. The van der Waals surface area contributed by atoms with E-state index in [1.54, 1.807) is 11.3 Å². The molecule has 2 aromatic rings. The average molecular weight is 234 g/mol. The molecular formula is C12H14N2OS. The molecule has 84 valence electrons. The van der Waals surface area contributed by atoms with E-state index in [9.17, 15) is 4.79 Å². The van der Waals surface area contributed by atoms with Crippen molar-refractivity contribution in [3.05, 3.63) is 39.8 Å². The van der Waals surface area contributed by atoms with Gasteiger partial charge in [-0.15, -0.1) is 0 Å². The van der Waals surface area contributed by atoms with E-state index in [0.717, 1.165) is 23.5 Å². The summed E-state index contributed by atoms with van der Waals surface area (Å²) in [7, 11) is 0. The zero-order valence-corrected chi connectivity index (χ0v) is 10.3. The van der Waals surface area contributed by atoms with Crippen LogP contribution in [0.1, 0.15) is 28.7 Å². The minimum Gasteiger partial charge on any atom is -0.294 e. The molecule has 0 bridgehead atoms. The zero-order chi connectivity index (χ0) is 11.5. The van der Waals surface area contributed by atoms with Gasteiger partial charge in [-0.05, 0) is 31.4 Å². The second-order valence-corrected chi connectivity index (χ2v) is 4.48. The van der Waals surface area contributed by atoms with Gasteiger partial charge in [0.1, 0.15) is 0 Å². The van der Waals surface area contributed by atoms with E-state index >= 15 is 0 Å². The molecule has 0 aromatic carbocycles. The van der Waals surface area contributed by atoms with E-state index in [-0.39, 0.29) is 5.78 Å². The van der Waals surface area contributed by atoms with Crippen LogP contribution in [0.3, 0.4) is 0 Å². The molecule has 0 fully saturated rings. The van der Waals surface area contributed by atoms with Crippen LogP contribution in [0.2, 0.25) is 0 Å². The summed E-state index contributed by atoms with van der Waals surface area (Å²) in [5.74, 6) is 0.163. The number of aryl methyl sites for hydroxylation is 2. The van der Waals surface area contributed by atoms with Crippen molar-refractivity contribution in [1.29, 1.82) is 0 Å². The number of rotatable bonds is 4. The third kappa shape index (κ3) is 2.22. The van der Waals surface area contributed by atoms with Gasteiger partial charge in [0.2, 0.25) is 0 Å². The molecule has 0 aliphatic rings. The summed E-state index contributed by atoms with van der Waals surface area (Å²) in [5, 5.41) is 8.15. The first-order valence-electron chi connectivity index (χ1n) is 5.29. The highest BCUT2D eigenvalue weighted by molar-refractivity contribution is 7.08. The van der Waals surface area contributed by atoms with Crippen molar-refractivity contribution in [2.75, 3.05) is 0 Å². The zero-order valence-electron chi connectivity index (χ0n) is 9.43. The molecular weight excluding hydrogens is 220 g/mol.